The summed E-state index contributed by atoms with van der Waals surface area (Å²) in [6, 6.07) is 2.15. The number of halogens is 1. The van der Waals surface area contributed by atoms with E-state index in [9.17, 15) is 12.8 Å². The van der Waals surface area contributed by atoms with Crippen molar-refractivity contribution in [3.8, 4) is 0 Å². The summed E-state index contributed by atoms with van der Waals surface area (Å²) in [5.41, 5.74) is 6.46. The van der Waals surface area contributed by atoms with Crippen molar-refractivity contribution in [2.75, 3.05) is 5.73 Å². The molecule has 1 aromatic rings. The van der Waals surface area contributed by atoms with Crippen molar-refractivity contribution in [1.29, 1.82) is 0 Å². The van der Waals surface area contributed by atoms with Crippen molar-refractivity contribution in [2.45, 2.75) is 44.0 Å². The van der Waals surface area contributed by atoms with E-state index in [1.54, 1.807) is 6.92 Å². The first-order chi connectivity index (χ1) is 8.81. The first-order valence-electron chi connectivity index (χ1n) is 6.39. The minimum Gasteiger partial charge on any atom is -0.398 e. The Morgan fingerprint density at radius 3 is 2.58 bits per heavy atom. The normalized spacial score (nSPS) is 18.1. The molecular formula is C13H19FN2O2S. The van der Waals surface area contributed by atoms with Gasteiger partial charge < -0.3 is 5.73 Å². The lowest BCUT2D eigenvalue weighted by atomic mass is 9.81. The van der Waals surface area contributed by atoms with Crippen LogP contribution in [0.3, 0.4) is 0 Å². The Morgan fingerprint density at radius 2 is 2.05 bits per heavy atom. The molecule has 3 N–H and O–H groups in total. The molecule has 1 atom stereocenters. The van der Waals surface area contributed by atoms with Crippen LogP contribution < -0.4 is 10.5 Å². The lowest BCUT2D eigenvalue weighted by molar-refractivity contribution is 0.260. The number of hydrogen-bond acceptors (Lipinski definition) is 3. The average molecular weight is 286 g/mol. The number of sulfonamides is 1. The van der Waals surface area contributed by atoms with Gasteiger partial charge in [0.15, 0.2) is 0 Å². The molecule has 0 heterocycles. The highest BCUT2D eigenvalue weighted by molar-refractivity contribution is 7.89. The van der Waals surface area contributed by atoms with Crippen molar-refractivity contribution >= 4 is 15.7 Å². The quantitative estimate of drug-likeness (QED) is 0.833. The summed E-state index contributed by atoms with van der Waals surface area (Å²) >= 11 is 0. The maximum atomic E-state index is 13.8. The lowest BCUT2D eigenvalue weighted by Crippen LogP contribution is -2.40. The molecular weight excluding hydrogens is 267 g/mol. The van der Waals surface area contributed by atoms with Gasteiger partial charge in [0.2, 0.25) is 10.0 Å². The molecule has 6 heteroatoms. The van der Waals surface area contributed by atoms with E-state index >= 15 is 0 Å². The lowest BCUT2D eigenvalue weighted by Gasteiger charge is -2.31. The molecule has 1 aromatic carbocycles. The topological polar surface area (TPSA) is 72.2 Å². The van der Waals surface area contributed by atoms with Gasteiger partial charge in [-0.05, 0) is 50.3 Å². The van der Waals surface area contributed by atoms with Crippen molar-refractivity contribution in [2.24, 2.45) is 5.92 Å². The summed E-state index contributed by atoms with van der Waals surface area (Å²) < 4.78 is 40.7. The highest BCUT2D eigenvalue weighted by Crippen LogP contribution is 2.30. The highest BCUT2D eigenvalue weighted by atomic mass is 32.2. The fourth-order valence-electron chi connectivity index (χ4n) is 2.22. The van der Waals surface area contributed by atoms with E-state index in [0.717, 1.165) is 25.3 Å². The molecule has 0 radical (unpaired) electrons. The molecule has 0 bridgehead atoms. The minimum atomic E-state index is -3.86. The summed E-state index contributed by atoms with van der Waals surface area (Å²) in [6.45, 7) is 3.45. The highest BCUT2D eigenvalue weighted by Gasteiger charge is 2.29. The second kappa shape index (κ2) is 5.09. The van der Waals surface area contributed by atoms with Gasteiger partial charge in [0, 0.05) is 11.7 Å². The predicted molar refractivity (Wildman–Crippen MR) is 72.7 cm³/mol. The zero-order valence-corrected chi connectivity index (χ0v) is 11.9. The third-order valence-electron chi connectivity index (χ3n) is 3.81. The van der Waals surface area contributed by atoms with Crippen LogP contribution in [-0.2, 0) is 10.0 Å². The van der Waals surface area contributed by atoms with Crippen LogP contribution in [0.5, 0.6) is 0 Å². The predicted octanol–water partition coefficient (Wildman–Crippen LogP) is 2.18. The van der Waals surface area contributed by atoms with Crippen LogP contribution in [0.4, 0.5) is 10.1 Å². The van der Waals surface area contributed by atoms with Gasteiger partial charge in [0.25, 0.3) is 0 Å². The summed E-state index contributed by atoms with van der Waals surface area (Å²) in [5, 5.41) is 0. The molecule has 106 valence electrons. The van der Waals surface area contributed by atoms with Gasteiger partial charge in [-0.1, -0.05) is 6.42 Å². The average Bonchev–Trinajstić information content (AvgIpc) is 2.19. The summed E-state index contributed by atoms with van der Waals surface area (Å²) in [5.74, 6) is -0.416. The molecule has 0 saturated heterocycles. The van der Waals surface area contributed by atoms with Crippen LogP contribution in [0, 0.1) is 18.7 Å². The van der Waals surface area contributed by atoms with Crippen molar-refractivity contribution in [3.05, 3.63) is 23.5 Å². The fraction of sp³-hybridized carbons (Fsp3) is 0.538. The van der Waals surface area contributed by atoms with Gasteiger partial charge in [0.05, 0.1) is 0 Å². The van der Waals surface area contributed by atoms with E-state index in [4.69, 9.17) is 5.73 Å². The Kier molecular flexibility index (Phi) is 3.82. The molecule has 19 heavy (non-hydrogen) atoms. The van der Waals surface area contributed by atoms with Gasteiger partial charge in [0.1, 0.15) is 10.7 Å². The molecule has 1 aliphatic rings. The number of aryl methyl sites for hydroxylation is 1. The molecule has 4 nitrogen and oxygen atoms in total. The van der Waals surface area contributed by atoms with Crippen molar-refractivity contribution < 1.29 is 12.8 Å². The Balaban J connectivity index is 2.26. The SMILES string of the molecule is Cc1cc(F)c(S(=O)(=O)NC(C)C2CCC2)cc1N. The molecule has 1 aliphatic carbocycles. The van der Waals surface area contributed by atoms with Gasteiger partial charge in [-0.3, -0.25) is 0 Å². The van der Waals surface area contributed by atoms with Crippen LogP contribution in [0.15, 0.2) is 17.0 Å². The largest absolute Gasteiger partial charge is 0.398 e. The van der Waals surface area contributed by atoms with Crippen LogP contribution in [0.1, 0.15) is 31.7 Å². The monoisotopic (exact) mass is 286 g/mol. The summed E-state index contributed by atoms with van der Waals surface area (Å²) in [6.07, 6.45) is 3.16. The molecule has 2 rings (SSSR count). The zero-order valence-electron chi connectivity index (χ0n) is 11.1. The van der Waals surface area contributed by atoms with Gasteiger partial charge in [-0.25, -0.2) is 17.5 Å². The molecule has 0 aromatic heterocycles. The first-order valence-corrected chi connectivity index (χ1v) is 7.87. The number of nitrogens with two attached hydrogens (primary N) is 1. The number of nitrogen functional groups attached to an aromatic ring is 1. The number of anilines is 1. The Morgan fingerprint density at radius 1 is 1.42 bits per heavy atom. The van der Waals surface area contributed by atoms with E-state index in [2.05, 4.69) is 4.72 Å². The standard InChI is InChI=1S/C13H19FN2O2S/c1-8-6-11(14)13(7-12(8)15)19(17,18)16-9(2)10-4-3-5-10/h6-7,9-10,16H,3-5,15H2,1-2H3. The van der Waals surface area contributed by atoms with Crippen molar-refractivity contribution in [3.63, 3.8) is 0 Å². The number of rotatable bonds is 4. The number of hydrogen-bond donors (Lipinski definition) is 2. The minimum absolute atomic E-state index is 0.180. The summed E-state index contributed by atoms with van der Waals surface area (Å²) in [4.78, 5) is -0.373. The zero-order chi connectivity index (χ0) is 14.2. The maximum Gasteiger partial charge on any atom is 0.243 e. The van der Waals surface area contributed by atoms with E-state index < -0.39 is 15.8 Å². The van der Waals surface area contributed by atoms with Crippen molar-refractivity contribution in [1.82, 2.24) is 4.72 Å². The van der Waals surface area contributed by atoms with Crippen LogP contribution >= 0.6 is 0 Å². The van der Waals surface area contributed by atoms with E-state index in [-0.39, 0.29) is 16.6 Å². The molecule has 1 saturated carbocycles. The van der Waals surface area contributed by atoms with Gasteiger partial charge >= 0.3 is 0 Å². The van der Waals surface area contributed by atoms with E-state index in [0.29, 0.717) is 11.5 Å². The van der Waals surface area contributed by atoms with E-state index in [1.165, 1.54) is 6.07 Å². The smallest absolute Gasteiger partial charge is 0.243 e. The maximum absolute atomic E-state index is 13.8. The molecule has 1 fully saturated rings. The first kappa shape index (κ1) is 14.3. The van der Waals surface area contributed by atoms with E-state index in [1.807, 2.05) is 6.92 Å². The third-order valence-corrected chi connectivity index (χ3v) is 5.38. The van der Waals surface area contributed by atoms with Crippen LogP contribution in [0.2, 0.25) is 0 Å². The van der Waals surface area contributed by atoms with Crippen LogP contribution in [-0.4, -0.2) is 14.5 Å². The van der Waals surface area contributed by atoms with Gasteiger partial charge in [-0.2, -0.15) is 0 Å². The number of nitrogens with one attached hydrogen (secondary N) is 1. The third kappa shape index (κ3) is 2.90. The Labute approximate surface area is 113 Å². The van der Waals surface area contributed by atoms with Crippen LogP contribution in [0.25, 0.3) is 0 Å². The Bertz CT molecular complexity index is 583. The number of benzene rings is 1. The second-order valence-electron chi connectivity index (χ2n) is 5.24. The second-order valence-corrected chi connectivity index (χ2v) is 6.92. The summed E-state index contributed by atoms with van der Waals surface area (Å²) in [7, 11) is -3.86. The molecule has 0 aliphatic heterocycles. The Hall–Kier alpha value is -1.14. The molecule has 0 amide bonds. The fourth-order valence-corrected chi connectivity index (χ4v) is 3.63. The molecule has 1 unspecified atom stereocenters. The molecule has 0 spiro atoms. The van der Waals surface area contributed by atoms with Gasteiger partial charge in [-0.15, -0.1) is 0 Å².